The van der Waals surface area contributed by atoms with Crippen molar-refractivity contribution in [1.82, 2.24) is 15.6 Å². The van der Waals surface area contributed by atoms with Crippen molar-refractivity contribution in [3.8, 4) is 5.75 Å². The summed E-state index contributed by atoms with van der Waals surface area (Å²) in [4.78, 5) is 17.0. The number of ether oxygens (including phenoxy) is 3. The van der Waals surface area contributed by atoms with Gasteiger partial charge in [-0.2, -0.15) is 0 Å². The summed E-state index contributed by atoms with van der Waals surface area (Å²) in [6, 6.07) is 9.16. The Labute approximate surface area is 187 Å². The fraction of sp³-hybridized carbons (Fsp3) is 0.455. The molecule has 0 spiro atoms. The lowest BCUT2D eigenvalue weighted by Gasteiger charge is -2.20. The second kappa shape index (κ2) is 9.05. The molecule has 3 heterocycles. The van der Waals surface area contributed by atoms with Crippen LogP contribution in [0.4, 0.5) is 4.79 Å². The monoisotopic (exact) mass is 461 g/mol. The summed E-state index contributed by atoms with van der Waals surface area (Å²) < 4.78 is 41.0. The van der Waals surface area contributed by atoms with Gasteiger partial charge in [0.1, 0.15) is 18.0 Å². The summed E-state index contributed by atoms with van der Waals surface area (Å²) in [6.07, 6.45) is 2.02. The molecule has 2 aliphatic heterocycles. The summed E-state index contributed by atoms with van der Waals surface area (Å²) in [5.41, 5.74) is 1.59. The number of nitrogens with zero attached hydrogens (tertiary/aromatic N) is 1. The van der Waals surface area contributed by atoms with Gasteiger partial charge < -0.3 is 24.8 Å². The maximum Gasteiger partial charge on any atom is 0.315 e. The second-order valence-electron chi connectivity index (χ2n) is 8.13. The summed E-state index contributed by atoms with van der Waals surface area (Å²) in [5, 5.41) is 5.79. The molecule has 32 heavy (non-hydrogen) atoms. The number of rotatable bonds is 6. The number of carbonyl (C=O) groups is 1. The molecule has 172 valence electrons. The zero-order valence-electron chi connectivity index (χ0n) is 18.1. The Morgan fingerprint density at radius 3 is 2.56 bits per heavy atom. The zero-order valence-corrected chi connectivity index (χ0v) is 19.0. The topological polar surface area (TPSA) is 116 Å². The highest BCUT2D eigenvalue weighted by molar-refractivity contribution is 7.90. The summed E-state index contributed by atoms with van der Waals surface area (Å²) >= 11 is 0. The number of nitrogens with one attached hydrogen (secondary N) is 2. The fourth-order valence-corrected chi connectivity index (χ4v) is 4.57. The molecule has 2 saturated heterocycles. The molecule has 10 heteroatoms. The molecule has 1 aromatic carbocycles. The number of sulfone groups is 1. The van der Waals surface area contributed by atoms with Gasteiger partial charge in [0, 0.05) is 12.5 Å². The van der Waals surface area contributed by atoms with Crippen LogP contribution in [0.25, 0.3) is 0 Å². The van der Waals surface area contributed by atoms with Crippen molar-refractivity contribution < 1.29 is 27.4 Å². The van der Waals surface area contributed by atoms with Crippen molar-refractivity contribution in [3.05, 3.63) is 53.9 Å². The first-order valence-corrected chi connectivity index (χ1v) is 12.3. The number of hydrogen-bond donors (Lipinski definition) is 2. The van der Waals surface area contributed by atoms with Crippen molar-refractivity contribution in [2.24, 2.45) is 0 Å². The maximum absolute atomic E-state index is 12.5. The number of aryl methyl sites for hydroxylation is 1. The Kier molecular flexibility index (Phi) is 6.36. The van der Waals surface area contributed by atoms with Gasteiger partial charge in [0.2, 0.25) is 0 Å². The van der Waals surface area contributed by atoms with E-state index in [9.17, 15) is 13.2 Å². The average Bonchev–Trinajstić information content (AvgIpc) is 3.32. The van der Waals surface area contributed by atoms with Gasteiger partial charge in [0.05, 0.1) is 35.9 Å². The molecule has 0 saturated carbocycles. The first-order chi connectivity index (χ1) is 15.2. The molecule has 2 amide bonds. The number of amides is 2. The van der Waals surface area contributed by atoms with Crippen LogP contribution in [0, 0.1) is 6.92 Å². The molecule has 0 radical (unpaired) electrons. The normalized spacial score (nSPS) is 25.7. The first-order valence-electron chi connectivity index (χ1n) is 10.4. The van der Waals surface area contributed by atoms with Crippen molar-refractivity contribution in [2.45, 2.75) is 49.1 Å². The molecule has 1 unspecified atom stereocenters. The molecule has 4 rings (SSSR count). The lowest BCUT2D eigenvalue weighted by molar-refractivity contribution is 0.0299. The number of hydrogen-bond acceptors (Lipinski definition) is 7. The predicted octanol–water partition coefficient (Wildman–Crippen LogP) is 1.77. The third-order valence-electron chi connectivity index (χ3n) is 5.72. The Balaban J connectivity index is 1.31. The number of benzene rings is 1. The van der Waals surface area contributed by atoms with Crippen LogP contribution in [0.2, 0.25) is 0 Å². The van der Waals surface area contributed by atoms with E-state index in [4.69, 9.17) is 14.2 Å². The van der Waals surface area contributed by atoms with Crippen LogP contribution >= 0.6 is 0 Å². The second-order valence-corrected chi connectivity index (χ2v) is 10.1. The van der Waals surface area contributed by atoms with Crippen molar-refractivity contribution in [2.75, 3.05) is 19.5 Å². The Hall–Kier alpha value is -2.69. The molecular formula is C22H27N3O6S. The molecule has 2 fully saturated rings. The van der Waals surface area contributed by atoms with E-state index in [2.05, 4.69) is 15.6 Å². The van der Waals surface area contributed by atoms with E-state index in [1.165, 1.54) is 12.1 Å². The van der Waals surface area contributed by atoms with Gasteiger partial charge in [-0.15, -0.1) is 0 Å². The van der Waals surface area contributed by atoms with Crippen LogP contribution in [0.5, 0.6) is 5.75 Å². The molecule has 9 nitrogen and oxygen atoms in total. The van der Waals surface area contributed by atoms with E-state index < -0.39 is 9.84 Å². The van der Waals surface area contributed by atoms with E-state index in [-0.39, 0.29) is 41.3 Å². The van der Waals surface area contributed by atoms with Crippen molar-refractivity contribution in [3.63, 3.8) is 0 Å². The number of aromatic nitrogens is 1. The summed E-state index contributed by atoms with van der Waals surface area (Å²) in [7, 11) is -3.26. The average molecular weight is 462 g/mol. The van der Waals surface area contributed by atoms with Gasteiger partial charge >= 0.3 is 6.03 Å². The van der Waals surface area contributed by atoms with E-state index >= 15 is 0 Å². The number of pyridine rings is 1. The number of urea groups is 1. The molecule has 0 bridgehead atoms. The molecule has 2 aromatic rings. The minimum atomic E-state index is -3.26. The van der Waals surface area contributed by atoms with Crippen LogP contribution < -0.4 is 15.4 Å². The van der Waals surface area contributed by atoms with E-state index in [0.29, 0.717) is 19.0 Å². The van der Waals surface area contributed by atoms with Gasteiger partial charge in [-0.3, -0.25) is 4.98 Å². The van der Waals surface area contributed by atoms with Gasteiger partial charge in [-0.05, 0) is 43.7 Å². The van der Waals surface area contributed by atoms with Crippen molar-refractivity contribution >= 4 is 15.9 Å². The summed E-state index contributed by atoms with van der Waals surface area (Å²) in [6.45, 7) is 4.40. The molecule has 0 aliphatic carbocycles. The highest BCUT2D eigenvalue weighted by atomic mass is 32.2. The predicted molar refractivity (Wildman–Crippen MR) is 116 cm³/mol. The largest absolute Gasteiger partial charge is 0.483 e. The van der Waals surface area contributed by atoms with E-state index in [1.54, 1.807) is 18.3 Å². The Morgan fingerprint density at radius 2 is 1.88 bits per heavy atom. The fourth-order valence-electron chi connectivity index (χ4n) is 3.94. The first kappa shape index (κ1) is 22.5. The smallest absolute Gasteiger partial charge is 0.315 e. The minimum absolute atomic E-state index is 0.240. The van der Waals surface area contributed by atoms with Crippen LogP contribution in [0.1, 0.15) is 24.2 Å². The van der Waals surface area contributed by atoms with Crippen LogP contribution in [0.3, 0.4) is 0 Å². The number of fused-ring (bicyclic) bond motifs is 1. The molecular weight excluding hydrogens is 434 g/mol. The SMILES string of the molecule is Cc1ncccc1O[C@H]1CO[C@H]2[C@@H]1OC[C@@H]2NC(=O)NC(C)c1ccc(S(C)(=O)=O)cc1. The third-order valence-corrected chi connectivity index (χ3v) is 6.85. The third kappa shape index (κ3) is 4.87. The van der Waals surface area contributed by atoms with Gasteiger partial charge in [0.25, 0.3) is 0 Å². The zero-order chi connectivity index (χ0) is 22.9. The molecule has 2 aliphatic rings. The van der Waals surface area contributed by atoms with Crippen molar-refractivity contribution in [1.29, 1.82) is 0 Å². The Morgan fingerprint density at radius 1 is 1.16 bits per heavy atom. The lowest BCUT2D eigenvalue weighted by Crippen LogP contribution is -2.48. The maximum atomic E-state index is 12.5. The number of carbonyl (C=O) groups excluding carboxylic acids is 1. The van der Waals surface area contributed by atoms with Crippen LogP contribution in [-0.2, 0) is 19.3 Å². The van der Waals surface area contributed by atoms with E-state index in [0.717, 1.165) is 17.5 Å². The molecule has 2 N–H and O–H groups in total. The molecule has 1 aromatic heterocycles. The minimum Gasteiger partial charge on any atom is -0.483 e. The Bertz CT molecular complexity index is 1080. The van der Waals surface area contributed by atoms with E-state index in [1.807, 2.05) is 26.0 Å². The van der Waals surface area contributed by atoms with Gasteiger partial charge in [-0.25, -0.2) is 13.2 Å². The molecule has 5 atom stereocenters. The standard InChI is InChI=1S/C22H27N3O6S/c1-13(15-6-8-16(9-7-15)32(3,27)28)24-22(26)25-17-11-29-21-19(12-30-20(17)21)31-18-5-4-10-23-14(18)2/h4-10,13,17,19-21H,11-12H2,1-3H3,(H2,24,25,26)/t13?,17-,19-,20+,21+/m0/s1. The van der Waals surface area contributed by atoms with Gasteiger partial charge in [-0.1, -0.05) is 12.1 Å². The quantitative estimate of drug-likeness (QED) is 0.673. The lowest BCUT2D eigenvalue weighted by atomic mass is 10.1. The van der Waals surface area contributed by atoms with Crippen LogP contribution in [0.15, 0.2) is 47.5 Å². The van der Waals surface area contributed by atoms with Gasteiger partial charge in [0.15, 0.2) is 15.9 Å². The highest BCUT2D eigenvalue weighted by Gasteiger charge is 2.49. The van der Waals surface area contributed by atoms with Crippen LogP contribution in [-0.4, -0.2) is 63.3 Å². The highest BCUT2D eigenvalue weighted by Crippen LogP contribution is 2.30. The summed E-state index contributed by atoms with van der Waals surface area (Å²) in [5.74, 6) is 0.690.